The molecular formula is C55H113N2O6P. The molecule has 1 amide bonds. The molecule has 0 aliphatic heterocycles. The molecule has 0 aliphatic rings. The van der Waals surface area contributed by atoms with Crippen molar-refractivity contribution in [3.8, 4) is 0 Å². The van der Waals surface area contributed by atoms with Crippen LogP contribution in [0.3, 0.4) is 0 Å². The van der Waals surface area contributed by atoms with Crippen molar-refractivity contribution in [2.45, 2.75) is 309 Å². The van der Waals surface area contributed by atoms with Gasteiger partial charge in [-0.2, -0.15) is 0 Å². The average Bonchev–Trinajstić information content (AvgIpc) is 3.25. The van der Waals surface area contributed by atoms with E-state index in [0.717, 1.165) is 38.5 Å². The molecule has 0 saturated carbocycles. The standard InChI is InChI=1S/C55H113N2O6P/c1-6-8-10-12-14-16-18-20-22-24-25-26-27-28-29-30-31-32-33-35-37-39-41-43-45-47-49-55(59)56-53(52-63-64(60,61)62-51-50-57(3,4)5)54(58)48-46-44-42-40-38-36-34-23-21-19-17-15-13-11-9-7-2/h53-54,58H,6-52H2,1-5H3,(H-,56,59,60,61)/t53-,54+/m0/s1. The van der Waals surface area contributed by atoms with Crippen molar-refractivity contribution >= 4 is 13.7 Å². The molecular weight excluding hydrogens is 816 g/mol. The van der Waals surface area contributed by atoms with Crippen molar-refractivity contribution in [1.82, 2.24) is 5.32 Å². The Kier molecular flexibility index (Phi) is 47.2. The number of carbonyl (C=O) groups is 1. The summed E-state index contributed by atoms with van der Waals surface area (Å²) in [6, 6.07) is -0.794. The molecule has 0 saturated heterocycles. The second-order valence-electron chi connectivity index (χ2n) is 21.0. The van der Waals surface area contributed by atoms with Gasteiger partial charge in [0.15, 0.2) is 0 Å². The zero-order valence-corrected chi connectivity index (χ0v) is 44.7. The Hall–Kier alpha value is -0.500. The highest BCUT2D eigenvalue weighted by Gasteiger charge is 2.24. The number of amides is 1. The molecule has 2 N–H and O–H groups in total. The highest BCUT2D eigenvalue weighted by molar-refractivity contribution is 7.45. The summed E-state index contributed by atoms with van der Waals surface area (Å²) in [4.78, 5) is 25.5. The van der Waals surface area contributed by atoms with Crippen LogP contribution in [-0.4, -0.2) is 68.5 Å². The molecule has 0 fully saturated rings. The lowest BCUT2D eigenvalue weighted by atomic mass is 10.0. The van der Waals surface area contributed by atoms with E-state index in [9.17, 15) is 19.4 Å². The van der Waals surface area contributed by atoms with Crippen LogP contribution in [0.5, 0.6) is 0 Å². The minimum atomic E-state index is -4.56. The molecule has 0 radical (unpaired) electrons. The lowest BCUT2D eigenvalue weighted by molar-refractivity contribution is -0.870. The van der Waals surface area contributed by atoms with Crippen LogP contribution in [0.2, 0.25) is 0 Å². The van der Waals surface area contributed by atoms with E-state index < -0.39 is 20.0 Å². The van der Waals surface area contributed by atoms with E-state index in [1.165, 1.54) is 231 Å². The van der Waals surface area contributed by atoms with Gasteiger partial charge in [-0.25, -0.2) is 0 Å². The zero-order valence-electron chi connectivity index (χ0n) is 43.8. The predicted octanol–water partition coefficient (Wildman–Crippen LogP) is 16.2. The maximum atomic E-state index is 13.0. The summed E-state index contributed by atoms with van der Waals surface area (Å²) in [6.07, 6.45) is 55.6. The summed E-state index contributed by atoms with van der Waals surface area (Å²) >= 11 is 0. The fourth-order valence-corrected chi connectivity index (χ4v) is 9.59. The number of hydrogen-bond donors (Lipinski definition) is 2. The summed E-state index contributed by atoms with van der Waals surface area (Å²) in [6.45, 7) is 4.77. The van der Waals surface area contributed by atoms with Gasteiger partial charge in [0.2, 0.25) is 5.91 Å². The van der Waals surface area contributed by atoms with E-state index in [4.69, 9.17) is 9.05 Å². The van der Waals surface area contributed by atoms with E-state index in [1.807, 2.05) is 21.1 Å². The zero-order chi connectivity index (χ0) is 47.1. The first kappa shape index (κ1) is 63.5. The molecule has 0 aromatic rings. The van der Waals surface area contributed by atoms with E-state index in [1.54, 1.807) is 0 Å². The van der Waals surface area contributed by atoms with Gasteiger partial charge >= 0.3 is 0 Å². The SMILES string of the molecule is CCCCCCCCCCCCCCCCCCCCCCCCCCCCC(=O)N[C@@H](COP(=O)([O-])OCC[N+](C)(C)C)[C@H](O)CCCCCCCCCCCCCCCCCC. The largest absolute Gasteiger partial charge is 0.756 e. The number of aliphatic hydroxyl groups excluding tert-OH is 1. The third-order valence-electron chi connectivity index (χ3n) is 13.3. The van der Waals surface area contributed by atoms with Gasteiger partial charge in [-0.1, -0.05) is 277 Å². The number of nitrogens with zero attached hydrogens (tertiary/aromatic N) is 1. The second-order valence-corrected chi connectivity index (χ2v) is 22.4. The molecule has 9 heteroatoms. The van der Waals surface area contributed by atoms with E-state index in [0.29, 0.717) is 23.9 Å². The Balaban J connectivity index is 4.08. The summed E-state index contributed by atoms with van der Waals surface area (Å²) in [5, 5.41) is 14.0. The summed E-state index contributed by atoms with van der Waals surface area (Å²) in [5.41, 5.74) is 0. The number of nitrogens with one attached hydrogen (secondary N) is 1. The van der Waals surface area contributed by atoms with Crippen LogP contribution >= 0.6 is 7.82 Å². The van der Waals surface area contributed by atoms with Crippen molar-refractivity contribution < 1.29 is 32.9 Å². The Labute approximate surface area is 399 Å². The van der Waals surface area contributed by atoms with Gasteiger partial charge in [-0.3, -0.25) is 9.36 Å². The minimum Gasteiger partial charge on any atom is -0.756 e. The van der Waals surface area contributed by atoms with Crippen LogP contribution < -0.4 is 10.2 Å². The number of aliphatic hydroxyl groups is 1. The second kappa shape index (κ2) is 47.6. The fraction of sp³-hybridized carbons (Fsp3) is 0.982. The van der Waals surface area contributed by atoms with Crippen molar-refractivity contribution in [2.75, 3.05) is 40.9 Å². The van der Waals surface area contributed by atoms with E-state index in [2.05, 4.69) is 19.2 Å². The number of rotatable bonds is 53. The molecule has 0 aromatic carbocycles. The van der Waals surface area contributed by atoms with E-state index in [-0.39, 0.29) is 19.1 Å². The maximum Gasteiger partial charge on any atom is 0.268 e. The first-order valence-electron chi connectivity index (χ1n) is 28.4. The Bertz CT molecular complexity index is 1010. The van der Waals surface area contributed by atoms with Crippen LogP contribution in [0, 0.1) is 0 Å². The van der Waals surface area contributed by atoms with Gasteiger partial charge in [-0.15, -0.1) is 0 Å². The third kappa shape index (κ3) is 49.4. The molecule has 3 atom stereocenters. The number of carbonyl (C=O) groups excluding carboxylic acids is 1. The lowest BCUT2D eigenvalue weighted by Gasteiger charge is -2.30. The van der Waals surface area contributed by atoms with Crippen LogP contribution in [-0.2, 0) is 18.4 Å². The van der Waals surface area contributed by atoms with Crippen molar-refractivity contribution in [3.63, 3.8) is 0 Å². The molecule has 0 aromatic heterocycles. The van der Waals surface area contributed by atoms with E-state index >= 15 is 0 Å². The van der Waals surface area contributed by atoms with Gasteiger partial charge in [0, 0.05) is 6.42 Å². The van der Waals surface area contributed by atoms with Crippen molar-refractivity contribution in [1.29, 1.82) is 0 Å². The fourth-order valence-electron chi connectivity index (χ4n) is 8.87. The molecule has 0 bridgehead atoms. The maximum absolute atomic E-state index is 13.0. The monoisotopic (exact) mass is 929 g/mol. The van der Waals surface area contributed by atoms with Crippen molar-refractivity contribution in [3.05, 3.63) is 0 Å². The van der Waals surface area contributed by atoms with Crippen LogP contribution in [0.1, 0.15) is 296 Å². The molecule has 0 spiro atoms. The average molecular weight is 929 g/mol. The number of unbranched alkanes of at least 4 members (excludes halogenated alkanes) is 40. The normalized spacial score (nSPS) is 13.9. The molecule has 0 aliphatic carbocycles. The highest BCUT2D eigenvalue weighted by atomic mass is 31.2. The lowest BCUT2D eigenvalue weighted by Crippen LogP contribution is -2.46. The number of phosphoric acid groups is 1. The number of hydrogen-bond acceptors (Lipinski definition) is 6. The topological polar surface area (TPSA) is 108 Å². The quantitative estimate of drug-likeness (QED) is 0.0357. The van der Waals surface area contributed by atoms with Crippen LogP contribution in [0.4, 0.5) is 0 Å². The van der Waals surface area contributed by atoms with Gasteiger partial charge in [0.1, 0.15) is 13.2 Å². The number of quaternary nitrogens is 1. The van der Waals surface area contributed by atoms with Gasteiger partial charge in [0.25, 0.3) is 7.82 Å². The first-order chi connectivity index (χ1) is 31.0. The highest BCUT2D eigenvalue weighted by Crippen LogP contribution is 2.38. The van der Waals surface area contributed by atoms with Gasteiger partial charge in [-0.05, 0) is 12.8 Å². The van der Waals surface area contributed by atoms with Crippen molar-refractivity contribution in [2.24, 2.45) is 0 Å². The third-order valence-corrected chi connectivity index (χ3v) is 14.3. The van der Waals surface area contributed by atoms with Gasteiger partial charge in [0.05, 0.1) is 39.9 Å². The molecule has 0 heterocycles. The minimum absolute atomic E-state index is 0.0165. The molecule has 64 heavy (non-hydrogen) atoms. The first-order valence-corrected chi connectivity index (χ1v) is 29.8. The summed E-state index contributed by atoms with van der Waals surface area (Å²) in [7, 11) is 1.32. The Morgan fingerprint density at radius 2 is 0.766 bits per heavy atom. The van der Waals surface area contributed by atoms with Crippen LogP contribution in [0.15, 0.2) is 0 Å². The summed E-state index contributed by atoms with van der Waals surface area (Å²) in [5.74, 6) is -0.157. The molecule has 8 nitrogen and oxygen atoms in total. The predicted molar refractivity (Wildman–Crippen MR) is 275 cm³/mol. The number of likely N-dealkylation sites (N-methyl/N-ethyl adjacent to an activating group) is 1. The van der Waals surface area contributed by atoms with Crippen LogP contribution in [0.25, 0.3) is 0 Å². The summed E-state index contributed by atoms with van der Waals surface area (Å²) < 4.78 is 23.4. The molecule has 0 rings (SSSR count). The Morgan fingerprint density at radius 3 is 1.06 bits per heavy atom. The van der Waals surface area contributed by atoms with Gasteiger partial charge < -0.3 is 28.8 Å². The molecule has 384 valence electrons. The Morgan fingerprint density at radius 1 is 0.484 bits per heavy atom. The number of phosphoric ester groups is 1. The smallest absolute Gasteiger partial charge is 0.268 e. The molecule has 1 unspecified atom stereocenters.